The lowest BCUT2D eigenvalue weighted by Gasteiger charge is -2.21. The van der Waals surface area contributed by atoms with Gasteiger partial charge in [0.05, 0.1) is 26.4 Å². The van der Waals surface area contributed by atoms with Crippen molar-refractivity contribution in [3.05, 3.63) is 109 Å². The Balaban J connectivity index is 5.36. The largest absolute Gasteiger partial charge is 0.472 e. The highest BCUT2D eigenvalue weighted by molar-refractivity contribution is 7.47. The minimum atomic E-state index is -4.98. The average molecular weight is 1390 g/mol. The number of aliphatic hydroxyl groups is 1. The number of hydrogen-bond donors (Lipinski definition) is 3. The van der Waals surface area contributed by atoms with Gasteiger partial charge in [-0.2, -0.15) is 0 Å². The fourth-order valence-corrected chi connectivity index (χ4v) is 11.1. The molecule has 0 saturated heterocycles. The first-order valence-electron chi connectivity index (χ1n) is 37.1. The molecule has 5 atom stereocenters. The minimum absolute atomic E-state index is 0.0763. The van der Waals surface area contributed by atoms with Gasteiger partial charge >= 0.3 is 39.5 Å². The summed E-state index contributed by atoms with van der Waals surface area (Å²) in [5.41, 5.74) is 0. The summed E-state index contributed by atoms with van der Waals surface area (Å²) in [5, 5.41) is 10.6. The SMILES string of the molecule is CC/C=C\C/C=C\C/C=C\C/C=C\CCCCCCC(=O)OCC(COP(=O)(O)OCC(O)COP(=O)(O)OCC(COC(=O)CCCCCCC/C=C\CCCC)OC(=O)CCCCCCC/C=C\CCCC)OC(=O)CCCCCCCCC/C=C\C/C=C\C/C=C\CC. The third-order valence-electron chi connectivity index (χ3n) is 15.2. The molecule has 0 fully saturated rings. The van der Waals surface area contributed by atoms with Gasteiger partial charge in [0, 0.05) is 25.7 Å². The number of carbonyl (C=O) groups is 4. The van der Waals surface area contributed by atoms with Crippen molar-refractivity contribution in [3.8, 4) is 0 Å². The molecule has 0 aliphatic heterocycles. The Hall–Kier alpha value is -4.28. The van der Waals surface area contributed by atoms with E-state index in [0.29, 0.717) is 25.7 Å². The van der Waals surface area contributed by atoms with Crippen LogP contribution in [0.25, 0.3) is 0 Å². The number of rotatable bonds is 69. The lowest BCUT2D eigenvalue weighted by molar-refractivity contribution is -0.161. The number of phosphoric acid groups is 2. The average Bonchev–Trinajstić information content (AvgIpc) is 1.85. The molecule has 0 spiro atoms. The summed E-state index contributed by atoms with van der Waals surface area (Å²) < 4.78 is 68.3. The summed E-state index contributed by atoms with van der Waals surface area (Å²) in [5.74, 6) is -2.23. The van der Waals surface area contributed by atoms with E-state index in [1.54, 1.807) is 0 Å². The topological polar surface area (TPSA) is 237 Å². The quantitative estimate of drug-likeness (QED) is 0.0169. The van der Waals surface area contributed by atoms with E-state index in [2.05, 4.69) is 137 Å². The van der Waals surface area contributed by atoms with Gasteiger partial charge < -0.3 is 33.8 Å². The van der Waals surface area contributed by atoms with Crippen molar-refractivity contribution in [1.29, 1.82) is 0 Å². The molecule has 0 rings (SSSR count). The smallest absolute Gasteiger partial charge is 0.462 e. The molecule has 552 valence electrons. The fraction of sp³-hybridized carbons (Fsp3) is 0.714. The molecule has 0 aromatic carbocycles. The monoisotopic (exact) mass is 1390 g/mol. The van der Waals surface area contributed by atoms with Crippen LogP contribution in [0.2, 0.25) is 0 Å². The van der Waals surface area contributed by atoms with Crippen molar-refractivity contribution in [3.63, 3.8) is 0 Å². The zero-order valence-electron chi connectivity index (χ0n) is 60.0. The Kier molecular flexibility index (Phi) is 66.1. The van der Waals surface area contributed by atoms with Gasteiger partial charge in [-0.05, 0) is 135 Å². The molecule has 0 bridgehead atoms. The van der Waals surface area contributed by atoms with Crippen molar-refractivity contribution in [2.45, 2.75) is 316 Å². The molecular formula is C77H132O17P2. The molecule has 0 aromatic heterocycles. The summed E-state index contributed by atoms with van der Waals surface area (Å²) in [4.78, 5) is 72.7. The molecule has 0 amide bonds. The summed E-state index contributed by atoms with van der Waals surface area (Å²) >= 11 is 0. The zero-order valence-corrected chi connectivity index (χ0v) is 61.8. The molecule has 0 saturated carbocycles. The molecular weight excluding hydrogens is 1260 g/mol. The maximum atomic E-state index is 13.1. The molecule has 19 heteroatoms. The Morgan fingerprint density at radius 1 is 0.302 bits per heavy atom. The number of esters is 4. The third-order valence-corrected chi connectivity index (χ3v) is 17.1. The van der Waals surface area contributed by atoms with Crippen LogP contribution in [-0.4, -0.2) is 96.7 Å². The molecule has 5 unspecified atom stereocenters. The third kappa shape index (κ3) is 68.3. The Labute approximate surface area is 581 Å². The number of carbonyl (C=O) groups excluding carboxylic acids is 4. The first kappa shape index (κ1) is 91.7. The second kappa shape index (κ2) is 69.2. The van der Waals surface area contributed by atoms with Gasteiger partial charge in [-0.1, -0.05) is 246 Å². The van der Waals surface area contributed by atoms with E-state index in [4.69, 9.17) is 37.0 Å². The van der Waals surface area contributed by atoms with Crippen LogP contribution < -0.4 is 0 Å². The van der Waals surface area contributed by atoms with E-state index >= 15 is 0 Å². The molecule has 0 aromatic rings. The molecule has 17 nitrogen and oxygen atoms in total. The number of phosphoric ester groups is 2. The van der Waals surface area contributed by atoms with Crippen LogP contribution in [0.15, 0.2) is 109 Å². The minimum Gasteiger partial charge on any atom is -0.462 e. The van der Waals surface area contributed by atoms with E-state index in [1.165, 1.54) is 25.7 Å². The summed E-state index contributed by atoms with van der Waals surface area (Å²) in [6.45, 7) is 4.51. The molecule has 96 heavy (non-hydrogen) atoms. The van der Waals surface area contributed by atoms with Gasteiger partial charge in [-0.25, -0.2) is 9.13 Å². The molecule has 0 radical (unpaired) electrons. The Bertz CT molecular complexity index is 2250. The van der Waals surface area contributed by atoms with Gasteiger partial charge in [0.15, 0.2) is 12.2 Å². The van der Waals surface area contributed by atoms with Crippen molar-refractivity contribution < 1.29 is 80.2 Å². The first-order chi connectivity index (χ1) is 46.7. The summed E-state index contributed by atoms with van der Waals surface area (Å²) in [7, 11) is -9.95. The highest BCUT2D eigenvalue weighted by Gasteiger charge is 2.30. The van der Waals surface area contributed by atoms with E-state index in [0.717, 1.165) is 193 Å². The zero-order chi connectivity index (χ0) is 70.4. The molecule has 0 aliphatic carbocycles. The van der Waals surface area contributed by atoms with Gasteiger partial charge in [-0.15, -0.1) is 0 Å². The fourth-order valence-electron chi connectivity index (χ4n) is 9.54. The van der Waals surface area contributed by atoms with Crippen LogP contribution in [0.5, 0.6) is 0 Å². The number of allylic oxidation sites excluding steroid dienone is 18. The normalized spacial score (nSPS) is 14.6. The predicted octanol–water partition coefficient (Wildman–Crippen LogP) is 21.0. The van der Waals surface area contributed by atoms with Crippen LogP contribution in [0, 0.1) is 0 Å². The van der Waals surface area contributed by atoms with Crippen LogP contribution in [0.4, 0.5) is 0 Å². The van der Waals surface area contributed by atoms with Gasteiger partial charge in [0.25, 0.3) is 0 Å². The molecule has 0 heterocycles. The van der Waals surface area contributed by atoms with Crippen molar-refractivity contribution in [2.75, 3.05) is 39.6 Å². The number of unbranched alkanes of at least 4 members (excludes halogenated alkanes) is 25. The van der Waals surface area contributed by atoms with Gasteiger partial charge in [-0.3, -0.25) is 37.3 Å². The number of ether oxygens (including phenoxy) is 4. The maximum Gasteiger partial charge on any atom is 0.472 e. The first-order valence-corrected chi connectivity index (χ1v) is 40.1. The summed E-state index contributed by atoms with van der Waals surface area (Å²) in [6.07, 6.45) is 72.4. The molecule has 3 N–H and O–H groups in total. The van der Waals surface area contributed by atoms with Crippen LogP contribution >= 0.6 is 15.6 Å². The lowest BCUT2D eigenvalue weighted by atomic mass is 10.1. The highest BCUT2D eigenvalue weighted by Crippen LogP contribution is 2.45. The van der Waals surface area contributed by atoms with E-state index in [1.807, 2.05) is 0 Å². The lowest BCUT2D eigenvalue weighted by Crippen LogP contribution is -2.30. The van der Waals surface area contributed by atoms with Crippen LogP contribution in [0.3, 0.4) is 0 Å². The van der Waals surface area contributed by atoms with Crippen LogP contribution in [-0.2, 0) is 65.4 Å². The van der Waals surface area contributed by atoms with Crippen molar-refractivity contribution in [2.24, 2.45) is 0 Å². The Morgan fingerprint density at radius 2 is 0.542 bits per heavy atom. The maximum absolute atomic E-state index is 13.1. The highest BCUT2D eigenvalue weighted by atomic mass is 31.2. The van der Waals surface area contributed by atoms with E-state index < -0.39 is 97.5 Å². The second-order valence-corrected chi connectivity index (χ2v) is 27.4. The number of hydrogen-bond acceptors (Lipinski definition) is 15. The summed E-state index contributed by atoms with van der Waals surface area (Å²) in [6, 6.07) is 0. The molecule has 0 aliphatic rings. The predicted molar refractivity (Wildman–Crippen MR) is 390 cm³/mol. The van der Waals surface area contributed by atoms with Crippen molar-refractivity contribution in [1.82, 2.24) is 0 Å². The van der Waals surface area contributed by atoms with Gasteiger partial charge in [0.1, 0.15) is 19.3 Å². The second-order valence-electron chi connectivity index (χ2n) is 24.5. The van der Waals surface area contributed by atoms with Gasteiger partial charge in [0.2, 0.25) is 0 Å². The van der Waals surface area contributed by atoms with E-state index in [9.17, 15) is 43.2 Å². The standard InChI is InChI=1S/C77H132O17P2/c1-5-9-13-17-21-25-29-31-33-35-37-39-43-46-50-54-58-62-75(80)88-68-73(94-77(82)64-60-56-52-48-44-40-38-36-34-32-30-26-22-18-14-10-6-2)70-92-96(85,86)90-66-71(78)65-89-95(83,84)91-69-72(93-76(81)63-59-55-51-47-42-28-24-20-16-12-8-4)67-87-74(79)61-57-53-49-45-41-27-23-19-15-11-7-3/h9-10,13-14,19-26,31-34,37,39,71-73,78H,5-8,11-12,15-18,27-30,35-36,38,40-70H2,1-4H3,(H,83,84)(H,85,86)/b13-9-,14-10-,23-19-,24-20-,25-21-,26-22-,33-31-,34-32-,39-37-. The van der Waals surface area contributed by atoms with Crippen LogP contribution in [0.1, 0.15) is 297 Å². The van der Waals surface area contributed by atoms with E-state index in [-0.39, 0.29) is 25.7 Å². The number of aliphatic hydroxyl groups excluding tert-OH is 1. The Morgan fingerprint density at radius 3 is 0.844 bits per heavy atom. The van der Waals surface area contributed by atoms with Crippen molar-refractivity contribution >= 4 is 39.5 Å².